The monoisotopic (exact) mass is 472 g/mol. The molecule has 2 unspecified atom stereocenters. The van der Waals surface area contributed by atoms with Gasteiger partial charge in [-0.05, 0) is 0 Å². The van der Waals surface area contributed by atoms with E-state index < -0.39 is 52.4 Å². The number of aliphatic hydroxyl groups is 2. The minimum absolute atomic E-state index is 0. The second kappa shape index (κ2) is 10.4. The average molecular weight is 472 g/mol. The van der Waals surface area contributed by atoms with Gasteiger partial charge in [0.05, 0.1) is 19.3 Å². The van der Waals surface area contributed by atoms with Gasteiger partial charge in [-0.25, -0.2) is 14.3 Å². The van der Waals surface area contributed by atoms with Gasteiger partial charge in [0.15, 0.2) is 17.4 Å². The topological polar surface area (TPSA) is 232 Å². The van der Waals surface area contributed by atoms with E-state index in [-0.39, 0.29) is 70.3 Å². The van der Waals surface area contributed by atoms with Crippen molar-refractivity contribution in [3.05, 3.63) is 23.0 Å². The van der Waals surface area contributed by atoms with E-state index in [0.717, 1.165) is 17.2 Å². The first-order chi connectivity index (χ1) is 12.5. The van der Waals surface area contributed by atoms with Crippen molar-refractivity contribution in [2.45, 2.75) is 24.5 Å². The van der Waals surface area contributed by atoms with Gasteiger partial charge in [0.25, 0.3) is 21.2 Å². The molecule has 4 N–H and O–H groups in total. The molecule has 29 heavy (non-hydrogen) atoms. The Morgan fingerprint density at radius 3 is 2.52 bits per heavy atom. The number of rotatable bonds is 6. The molecule has 2 aromatic rings. The largest absolute Gasteiger partial charge is 1.00 e. The molecular formula is C10H12N4Na2O11P2. The van der Waals surface area contributed by atoms with E-state index in [9.17, 15) is 33.9 Å². The van der Waals surface area contributed by atoms with E-state index in [1.807, 2.05) is 0 Å². The van der Waals surface area contributed by atoms with Gasteiger partial charge in [0.1, 0.15) is 18.3 Å². The van der Waals surface area contributed by atoms with Gasteiger partial charge in [-0.2, -0.15) is 0 Å². The van der Waals surface area contributed by atoms with Gasteiger partial charge in [-0.3, -0.25) is 18.5 Å². The fourth-order valence-corrected chi connectivity index (χ4v) is 3.99. The summed E-state index contributed by atoms with van der Waals surface area (Å²) in [6.07, 6.45) is -3.77. The summed E-state index contributed by atoms with van der Waals surface area (Å²) < 4.78 is 35.9. The number of nitrogens with one attached hydrogen (secondary N) is 1. The molecule has 0 amide bonds. The van der Waals surface area contributed by atoms with Crippen LogP contribution in [-0.4, -0.2) is 59.5 Å². The maximum Gasteiger partial charge on any atom is 1.00 e. The van der Waals surface area contributed by atoms with Crippen molar-refractivity contribution in [1.82, 2.24) is 19.5 Å². The summed E-state index contributed by atoms with van der Waals surface area (Å²) in [6.45, 7) is -0.934. The number of H-pyrrole nitrogens is 1. The molecular weight excluding hydrogens is 460 g/mol. The van der Waals surface area contributed by atoms with Crippen LogP contribution in [0.15, 0.2) is 17.4 Å². The van der Waals surface area contributed by atoms with Gasteiger partial charge in [-0.1, -0.05) is 0 Å². The van der Waals surface area contributed by atoms with Crippen molar-refractivity contribution in [3.63, 3.8) is 0 Å². The molecule has 1 fully saturated rings. The molecule has 3 heterocycles. The number of hydrogen-bond donors (Lipinski definition) is 4. The first-order valence-corrected chi connectivity index (χ1v) is 10.1. The Kier molecular flexibility index (Phi) is 9.87. The predicted molar refractivity (Wildman–Crippen MR) is 78.5 cm³/mol. The smallest absolute Gasteiger partial charge is 0.756 e. The Hall–Kier alpha value is 0.490. The van der Waals surface area contributed by atoms with Gasteiger partial charge in [0.2, 0.25) is 0 Å². The van der Waals surface area contributed by atoms with Crippen LogP contribution in [-0.2, 0) is 22.7 Å². The third kappa shape index (κ3) is 6.49. The first-order valence-electron chi connectivity index (χ1n) is 7.11. The van der Waals surface area contributed by atoms with Crippen LogP contribution in [0.3, 0.4) is 0 Å². The Morgan fingerprint density at radius 2 is 1.90 bits per heavy atom. The number of imidazole rings is 1. The Bertz CT molecular complexity index is 995. The molecule has 0 radical (unpaired) electrons. The predicted octanol–water partition coefficient (Wildman–Crippen LogP) is -9.29. The van der Waals surface area contributed by atoms with Crippen LogP contribution in [0.25, 0.3) is 11.2 Å². The van der Waals surface area contributed by atoms with Crippen LogP contribution in [0.1, 0.15) is 6.23 Å². The number of aromatic amines is 1. The zero-order chi connectivity index (χ0) is 20.0. The molecule has 1 saturated heterocycles. The first kappa shape index (κ1) is 27.5. The number of aromatic nitrogens is 4. The van der Waals surface area contributed by atoms with Crippen molar-refractivity contribution in [2.24, 2.45) is 0 Å². The molecule has 150 valence electrons. The van der Waals surface area contributed by atoms with Crippen molar-refractivity contribution in [2.75, 3.05) is 6.61 Å². The molecule has 6 atom stereocenters. The minimum atomic E-state index is -5.62. The van der Waals surface area contributed by atoms with Gasteiger partial charge >= 0.3 is 59.1 Å². The number of nitrogens with zero attached hydrogens (tertiary/aromatic N) is 3. The Labute approximate surface area is 205 Å². The van der Waals surface area contributed by atoms with Crippen LogP contribution in [0.5, 0.6) is 0 Å². The third-order valence-electron chi connectivity index (χ3n) is 3.58. The molecule has 0 saturated carbocycles. The van der Waals surface area contributed by atoms with E-state index in [4.69, 9.17) is 9.63 Å². The molecule has 15 nitrogen and oxygen atoms in total. The number of ether oxygens (including phenoxy) is 1. The summed E-state index contributed by atoms with van der Waals surface area (Å²) in [7, 11) is -11.1. The fourth-order valence-electron chi connectivity index (χ4n) is 2.46. The molecule has 1 aliphatic heterocycles. The summed E-state index contributed by atoms with van der Waals surface area (Å²) >= 11 is 0. The average Bonchev–Trinajstić information content (AvgIpc) is 3.07. The summed E-state index contributed by atoms with van der Waals surface area (Å²) in [5, 5.41) is 20.1. The van der Waals surface area contributed by atoms with E-state index in [2.05, 4.69) is 23.8 Å². The van der Waals surface area contributed by atoms with E-state index in [0.29, 0.717) is 0 Å². The number of phosphoric ester groups is 1. The van der Waals surface area contributed by atoms with Crippen LogP contribution in [0, 0.1) is 0 Å². The molecule has 2 aromatic heterocycles. The van der Waals surface area contributed by atoms with Crippen molar-refractivity contribution in [1.29, 1.82) is 0 Å². The summed E-state index contributed by atoms with van der Waals surface area (Å²) in [5.74, 6) is 0. The molecule has 3 rings (SSSR count). The quantitative estimate of drug-likeness (QED) is 0.226. The van der Waals surface area contributed by atoms with Crippen molar-refractivity contribution in [3.8, 4) is 0 Å². The van der Waals surface area contributed by atoms with Crippen LogP contribution in [0.2, 0.25) is 0 Å². The molecule has 1 aliphatic rings. The van der Waals surface area contributed by atoms with E-state index in [1.54, 1.807) is 0 Å². The normalized spacial score (nSPS) is 28.2. The van der Waals surface area contributed by atoms with Crippen LogP contribution >= 0.6 is 15.6 Å². The number of aliphatic hydroxyl groups excluding tert-OH is 2. The molecule has 0 spiro atoms. The molecule has 0 bridgehead atoms. The molecule has 0 aromatic carbocycles. The second-order valence-corrected chi connectivity index (χ2v) is 8.14. The van der Waals surface area contributed by atoms with Crippen molar-refractivity contribution >= 4 is 26.8 Å². The summed E-state index contributed by atoms with van der Waals surface area (Å²) in [4.78, 5) is 51.8. The van der Waals surface area contributed by atoms with E-state index in [1.165, 1.54) is 0 Å². The van der Waals surface area contributed by atoms with Crippen molar-refractivity contribution < 1.29 is 107 Å². The summed E-state index contributed by atoms with van der Waals surface area (Å²) in [5.41, 5.74) is -0.585. The number of phosphoric acid groups is 2. The number of hydrogen-bond acceptors (Lipinski definition) is 12. The zero-order valence-electron chi connectivity index (χ0n) is 15.0. The minimum Gasteiger partial charge on any atom is -0.756 e. The third-order valence-corrected chi connectivity index (χ3v) is 5.67. The second-order valence-electron chi connectivity index (χ2n) is 5.40. The number of fused-ring (bicyclic) bond motifs is 1. The van der Waals surface area contributed by atoms with Crippen LogP contribution in [0.4, 0.5) is 0 Å². The van der Waals surface area contributed by atoms with E-state index >= 15 is 0 Å². The fraction of sp³-hybridized carbons (Fsp3) is 0.500. The SMILES string of the molecule is O=c1[nH]cnc2c1ncn2[C@H]1O[C@@H](COP(=O)([O-])OP(=O)([O-])O)[C@H](O)[C@@H]1O.[Na+].[Na+]. The maximum atomic E-state index is 11.7. The maximum absolute atomic E-state index is 11.7. The van der Waals surface area contributed by atoms with Gasteiger partial charge < -0.3 is 39.1 Å². The zero-order valence-corrected chi connectivity index (χ0v) is 20.8. The van der Waals surface area contributed by atoms with Gasteiger partial charge in [0, 0.05) is 0 Å². The standard InChI is InChI=1S/C10H14N4O11P2.2Na/c15-6-4(1-23-27(21,22)25-26(18,19)20)24-10(7(6)16)14-3-13-5-8(14)11-2-12-9(5)17;;/h2-4,6-7,10,15-16H,1H2,(H,21,22)(H,11,12,17)(H2,18,19,20);;/q;2*+1/p-2/t4-,6-,7-,10-;;/m0../s1. The molecule has 0 aliphatic carbocycles. The molecule has 19 heteroatoms. The Balaban J connectivity index is 0.00000210. The Morgan fingerprint density at radius 1 is 1.24 bits per heavy atom. The van der Waals surface area contributed by atoms with Crippen LogP contribution < -0.4 is 74.5 Å². The summed E-state index contributed by atoms with van der Waals surface area (Å²) in [6, 6.07) is 0. The van der Waals surface area contributed by atoms with Gasteiger partial charge in [-0.15, -0.1) is 0 Å².